The van der Waals surface area contributed by atoms with Gasteiger partial charge in [-0.3, -0.25) is 9.78 Å². The number of nitrogens with zero attached hydrogens (tertiary/aromatic N) is 4. The van der Waals surface area contributed by atoms with Gasteiger partial charge < -0.3 is 29.5 Å². The standard InChI is InChI=1S/C28H37N5O4/c34-27(20-22-9-18-36-19-10-22)32-12-7-26(8-13-32)37-25-5-3-23(4-6-25)30-28(35)33-16-14-31(15-17-33)24-2-1-11-29-21-24/h1-6,11,21-22,26H,7-10,12-20H2,(H,30,35). The monoisotopic (exact) mass is 507 g/mol. The third-order valence-electron chi connectivity index (χ3n) is 7.59. The van der Waals surface area contributed by atoms with Crippen molar-refractivity contribution in [3.05, 3.63) is 48.8 Å². The lowest BCUT2D eigenvalue weighted by Crippen LogP contribution is -2.50. The molecular formula is C28H37N5O4. The molecule has 9 nitrogen and oxygen atoms in total. The third-order valence-corrected chi connectivity index (χ3v) is 7.59. The molecule has 4 heterocycles. The van der Waals surface area contributed by atoms with Crippen molar-refractivity contribution in [2.24, 2.45) is 5.92 Å². The summed E-state index contributed by atoms with van der Waals surface area (Å²) in [7, 11) is 0. The van der Waals surface area contributed by atoms with E-state index in [0.717, 1.165) is 82.2 Å². The molecule has 3 saturated heterocycles. The fraction of sp³-hybridized carbons (Fsp3) is 0.536. The Morgan fingerprint density at radius 1 is 0.919 bits per heavy atom. The molecule has 0 unspecified atom stereocenters. The molecule has 0 bridgehead atoms. The van der Waals surface area contributed by atoms with Crippen molar-refractivity contribution in [2.45, 2.75) is 38.2 Å². The van der Waals surface area contributed by atoms with E-state index in [9.17, 15) is 9.59 Å². The Hall–Kier alpha value is -3.33. The fourth-order valence-corrected chi connectivity index (χ4v) is 5.27. The molecular weight excluding hydrogens is 470 g/mol. The van der Waals surface area contributed by atoms with Crippen molar-refractivity contribution in [1.29, 1.82) is 0 Å². The Kier molecular flexibility index (Phi) is 8.40. The van der Waals surface area contributed by atoms with Gasteiger partial charge in [-0.05, 0) is 55.2 Å². The maximum Gasteiger partial charge on any atom is 0.321 e. The van der Waals surface area contributed by atoms with Gasteiger partial charge in [0.1, 0.15) is 11.9 Å². The number of carbonyl (C=O) groups excluding carboxylic acids is 2. The molecule has 0 atom stereocenters. The molecule has 1 aromatic heterocycles. The van der Waals surface area contributed by atoms with E-state index < -0.39 is 0 Å². The number of anilines is 2. The van der Waals surface area contributed by atoms with Crippen molar-refractivity contribution in [2.75, 3.05) is 62.7 Å². The van der Waals surface area contributed by atoms with Gasteiger partial charge in [0.25, 0.3) is 0 Å². The highest BCUT2D eigenvalue weighted by molar-refractivity contribution is 5.89. The SMILES string of the molecule is O=C(CC1CCOCC1)N1CCC(Oc2ccc(NC(=O)N3CCN(c4cccnc4)CC3)cc2)CC1. The van der Waals surface area contributed by atoms with Gasteiger partial charge in [-0.25, -0.2) is 4.79 Å². The van der Waals surface area contributed by atoms with Crippen LogP contribution >= 0.6 is 0 Å². The topological polar surface area (TPSA) is 87.2 Å². The third kappa shape index (κ3) is 6.91. The van der Waals surface area contributed by atoms with Crippen LogP contribution in [0.15, 0.2) is 48.8 Å². The molecule has 3 aliphatic heterocycles. The summed E-state index contributed by atoms with van der Waals surface area (Å²) < 4.78 is 11.6. The predicted molar refractivity (Wildman–Crippen MR) is 142 cm³/mol. The summed E-state index contributed by atoms with van der Waals surface area (Å²) in [5.74, 6) is 1.52. The Morgan fingerprint density at radius 2 is 1.65 bits per heavy atom. The number of benzene rings is 1. The highest BCUT2D eigenvalue weighted by atomic mass is 16.5. The van der Waals surface area contributed by atoms with E-state index in [1.807, 2.05) is 52.4 Å². The molecule has 3 fully saturated rings. The van der Waals surface area contributed by atoms with Crippen LogP contribution in [0.3, 0.4) is 0 Å². The summed E-state index contributed by atoms with van der Waals surface area (Å²) in [4.78, 5) is 35.6. The van der Waals surface area contributed by atoms with E-state index in [1.165, 1.54) is 0 Å². The lowest BCUT2D eigenvalue weighted by Gasteiger charge is -2.35. The van der Waals surface area contributed by atoms with Gasteiger partial charge in [-0.15, -0.1) is 0 Å². The zero-order valence-electron chi connectivity index (χ0n) is 21.4. The highest BCUT2D eigenvalue weighted by Gasteiger charge is 2.27. The van der Waals surface area contributed by atoms with E-state index >= 15 is 0 Å². The van der Waals surface area contributed by atoms with Crippen molar-refractivity contribution < 1.29 is 19.1 Å². The number of piperidine rings is 1. The van der Waals surface area contributed by atoms with E-state index in [0.29, 0.717) is 25.4 Å². The second-order valence-corrected chi connectivity index (χ2v) is 10.1. The van der Waals surface area contributed by atoms with Crippen LogP contribution in [0.1, 0.15) is 32.1 Å². The van der Waals surface area contributed by atoms with Gasteiger partial charge in [0.05, 0.1) is 11.9 Å². The average Bonchev–Trinajstić information content (AvgIpc) is 2.95. The smallest absolute Gasteiger partial charge is 0.321 e. The van der Waals surface area contributed by atoms with Crippen molar-refractivity contribution in [3.63, 3.8) is 0 Å². The first-order valence-corrected chi connectivity index (χ1v) is 13.5. The van der Waals surface area contributed by atoms with E-state index in [1.54, 1.807) is 6.20 Å². The van der Waals surface area contributed by atoms with Crippen LogP contribution < -0.4 is 15.0 Å². The number of ether oxygens (including phenoxy) is 2. The average molecular weight is 508 g/mol. The molecule has 0 spiro atoms. The number of pyridine rings is 1. The van der Waals surface area contributed by atoms with Gasteiger partial charge in [-0.1, -0.05) is 0 Å². The molecule has 5 rings (SSSR count). The van der Waals surface area contributed by atoms with Crippen LogP contribution in [-0.2, 0) is 9.53 Å². The molecule has 198 valence electrons. The van der Waals surface area contributed by atoms with Gasteiger partial charge in [0.2, 0.25) is 5.91 Å². The second-order valence-electron chi connectivity index (χ2n) is 10.1. The summed E-state index contributed by atoms with van der Waals surface area (Å²) >= 11 is 0. The van der Waals surface area contributed by atoms with Crippen LogP contribution in [-0.4, -0.2) is 85.3 Å². The van der Waals surface area contributed by atoms with Crippen molar-refractivity contribution >= 4 is 23.3 Å². The number of nitrogens with one attached hydrogen (secondary N) is 1. The molecule has 1 aromatic carbocycles. The Balaban J connectivity index is 1.02. The molecule has 3 aliphatic rings. The fourth-order valence-electron chi connectivity index (χ4n) is 5.27. The summed E-state index contributed by atoms with van der Waals surface area (Å²) in [5.41, 5.74) is 1.84. The number of rotatable bonds is 6. The molecule has 3 amide bonds. The molecule has 0 radical (unpaired) electrons. The van der Waals surface area contributed by atoms with Crippen molar-refractivity contribution in [3.8, 4) is 5.75 Å². The number of hydrogen-bond acceptors (Lipinski definition) is 6. The van der Waals surface area contributed by atoms with E-state index in [4.69, 9.17) is 9.47 Å². The van der Waals surface area contributed by atoms with Gasteiger partial charge >= 0.3 is 6.03 Å². The van der Waals surface area contributed by atoms with Crippen LogP contribution in [0.2, 0.25) is 0 Å². The predicted octanol–water partition coefficient (Wildman–Crippen LogP) is 3.62. The first-order chi connectivity index (χ1) is 18.1. The first-order valence-electron chi connectivity index (χ1n) is 13.5. The number of aromatic nitrogens is 1. The number of piperazine rings is 1. The molecule has 0 aliphatic carbocycles. The minimum absolute atomic E-state index is 0.0858. The largest absolute Gasteiger partial charge is 0.490 e. The summed E-state index contributed by atoms with van der Waals surface area (Å²) in [6, 6.07) is 11.5. The zero-order chi connectivity index (χ0) is 25.5. The Morgan fingerprint density at radius 3 is 2.32 bits per heavy atom. The summed E-state index contributed by atoms with van der Waals surface area (Å²) in [6.07, 6.45) is 8.02. The molecule has 1 N–H and O–H groups in total. The normalized spacial score (nSPS) is 19.5. The zero-order valence-corrected chi connectivity index (χ0v) is 21.4. The van der Waals surface area contributed by atoms with Crippen molar-refractivity contribution in [1.82, 2.24) is 14.8 Å². The van der Waals surface area contributed by atoms with Gasteiger partial charge in [0, 0.05) is 83.6 Å². The summed E-state index contributed by atoms with van der Waals surface area (Å²) in [5, 5.41) is 3.00. The highest BCUT2D eigenvalue weighted by Crippen LogP contribution is 2.24. The quantitative estimate of drug-likeness (QED) is 0.643. The lowest BCUT2D eigenvalue weighted by molar-refractivity contribution is -0.134. The number of carbonyl (C=O) groups is 2. The molecule has 0 saturated carbocycles. The molecule has 2 aromatic rings. The van der Waals surface area contributed by atoms with E-state index in [2.05, 4.69) is 15.2 Å². The summed E-state index contributed by atoms with van der Waals surface area (Å²) in [6.45, 7) is 5.94. The van der Waals surface area contributed by atoms with Crippen LogP contribution in [0.4, 0.5) is 16.2 Å². The molecule has 37 heavy (non-hydrogen) atoms. The van der Waals surface area contributed by atoms with Gasteiger partial charge in [-0.2, -0.15) is 0 Å². The molecule has 9 heteroatoms. The maximum absolute atomic E-state index is 12.7. The van der Waals surface area contributed by atoms with E-state index in [-0.39, 0.29) is 18.0 Å². The first kappa shape index (κ1) is 25.3. The van der Waals surface area contributed by atoms with Crippen LogP contribution in [0.25, 0.3) is 0 Å². The maximum atomic E-state index is 12.7. The minimum Gasteiger partial charge on any atom is -0.490 e. The van der Waals surface area contributed by atoms with Crippen LogP contribution in [0.5, 0.6) is 5.75 Å². The minimum atomic E-state index is -0.0858. The lowest BCUT2D eigenvalue weighted by atomic mass is 9.95. The number of likely N-dealkylation sites (tertiary alicyclic amines) is 1. The number of hydrogen-bond donors (Lipinski definition) is 1. The second kappa shape index (κ2) is 12.3. The van der Waals surface area contributed by atoms with Gasteiger partial charge in [0.15, 0.2) is 0 Å². The Labute approximate surface area is 218 Å². The number of amides is 3. The van der Waals surface area contributed by atoms with Crippen LogP contribution in [0, 0.1) is 5.92 Å². The number of urea groups is 1. The Bertz CT molecular complexity index is 1010.